The predicted octanol–water partition coefficient (Wildman–Crippen LogP) is 5.06. The summed E-state index contributed by atoms with van der Waals surface area (Å²) in [5.74, 6) is 0.138. The molecule has 1 fully saturated rings. The standard InChI is InChI=1S/C30H36N4O4/c1-30(2,3)38-29(37)33-18-20-13-11-19(12-14-20)17-32-28(36)24-16-26(34-25-10-5-4-9-23(24)25)21-7-6-8-22(15-21)27(31)35/h4-10,15-16,19-20H,11-14,17-18H2,1-3H3,(H2,31,35)(H,32,36)(H,33,37)/t19-,20-. The molecule has 0 radical (unpaired) electrons. The number of hydrogen-bond donors (Lipinski definition) is 3. The van der Waals surface area contributed by atoms with Gasteiger partial charge in [0.2, 0.25) is 5.91 Å². The van der Waals surface area contributed by atoms with E-state index in [1.165, 1.54) is 0 Å². The Bertz CT molecular complexity index is 1320. The highest BCUT2D eigenvalue weighted by Crippen LogP contribution is 2.29. The first-order valence-electron chi connectivity index (χ1n) is 13.1. The maximum absolute atomic E-state index is 13.3. The van der Waals surface area contributed by atoms with Crippen molar-refractivity contribution in [2.45, 2.75) is 52.1 Å². The fourth-order valence-electron chi connectivity index (χ4n) is 4.86. The first-order valence-corrected chi connectivity index (χ1v) is 13.1. The summed E-state index contributed by atoms with van der Waals surface area (Å²) in [7, 11) is 0. The number of carbonyl (C=O) groups is 3. The van der Waals surface area contributed by atoms with Crippen LogP contribution in [0.2, 0.25) is 0 Å². The molecule has 38 heavy (non-hydrogen) atoms. The summed E-state index contributed by atoms with van der Waals surface area (Å²) in [6.07, 6.45) is 3.59. The molecular weight excluding hydrogens is 480 g/mol. The quantitative estimate of drug-likeness (QED) is 0.405. The molecule has 1 aliphatic carbocycles. The second-order valence-corrected chi connectivity index (χ2v) is 11.0. The number of rotatable bonds is 7. The zero-order valence-corrected chi connectivity index (χ0v) is 22.3. The molecule has 3 amide bonds. The number of pyridine rings is 1. The van der Waals surface area contributed by atoms with Crippen molar-refractivity contribution in [2.75, 3.05) is 13.1 Å². The number of alkyl carbamates (subject to hydrolysis) is 1. The average molecular weight is 517 g/mol. The summed E-state index contributed by atoms with van der Waals surface area (Å²) >= 11 is 0. The van der Waals surface area contributed by atoms with E-state index < -0.39 is 11.5 Å². The average Bonchev–Trinajstić information content (AvgIpc) is 2.89. The second-order valence-electron chi connectivity index (χ2n) is 11.0. The van der Waals surface area contributed by atoms with Gasteiger partial charge in [-0.15, -0.1) is 0 Å². The fourth-order valence-corrected chi connectivity index (χ4v) is 4.86. The van der Waals surface area contributed by atoms with Gasteiger partial charge in [-0.3, -0.25) is 9.59 Å². The Hall–Kier alpha value is -3.94. The number of amides is 3. The summed E-state index contributed by atoms with van der Waals surface area (Å²) in [6, 6.07) is 16.3. The zero-order chi connectivity index (χ0) is 27.3. The third-order valence-electron chi connectivity index (χ3n) is 6.86. The van der Waals surface area contributed by atoms with Gasteiger partial charge in [0.25, 0.3) is 5.91 Å². The van der Waals surface area contributed by atoms with Crippen molar-refractivity contribution in [3.63, 3.8) is 0 Å². The van der Waals surface area contributed by atoms with Gasteiger partial charge in [-0.25, -0.2) is 9.78 Å². The van der Waals surface area contributed by atoms with Crippen LogP contribution in [0.15, 0.2) is 54.6 Å². The third-order valence-corrected chi connectivity index (χ3v) is 6.86. The van der Waals surface area contributed by atoms with E-state index in [-0.39, 0.29) is 12.0 Å². The van der Waals surface area contributed by atoms with Crippen molar-refractivity contribution in [1.82, 2.24) is 15.6 Å². The number of hydrogen-bond acceptors (Lipinski definition) is 5. The molecule has 8 heteroatoms. The van der Waals surface area contributed by atoms with Gasteiger partial charge < -0.3 is 21.1 Å². The van der Waals surface area contributed by atoms with Crippen molar-refractivity contribution >= 4 is 28.8 Å². The lowest BCUT2D eigenvalue weighted by molar-refractivity contribution is 0.0512. The molecule has 0 saturated heterocycles. The lowest BCUT2D eigenvalue weighted by Gasteiger charge is -2.29. The first kappa shape index (κ1) is 27.1. The third kappa shape index (κ3) is 7.09. The highest BCUT2D eigenvalue weighted by molar-refractivity contribution is 6.07. The van der Waals surface area contributed by atoms with Crippen LogP contribution in [0.4, 0.5) is 4.79 Å². The number of aromatic nitrogens is 1. The van der Waals surface area contributed by atoms with Crippen LogP contribution in [0, 0.1) is 11.8 Å². The van der Waals surface area contributed by atoms with E-state index in [2.05, 4.69) is 10.6 Å². The molecule has 200 valence electrons. The molecule has 1 aliphatic rings. The summed E-state index contributed by atoms with van der Waals surface area (Å²) in [6.45, 7) is 6.75. The Kier molecular flexibility index (Phi) is 8.29. The van der Waals surface area contributed by atoms with Crippen molar-refractivity contribution in [2.24, 2.45) is 17.6 Å². The van der Waals surface area contributed by atoms with Crippen molar-refractivity contribution < 1.29 is 19.1 Å². The Labute approximate surface area is 223 Å². The minimum atomic E-state index is -0.513. The number of primary amides is 1. The number of carbonyl (C=O) groups excluding carboxylic acids is 3. The molecule has 4 N–H and O–H groups in total. The summed E-state index contributed by atoms with van der Waals surface area (Å²) < 4.78 is 5.32. The molecule has 0 bridgehead atoms. The molecule has 8 nitrogen and oxygen atoms in total. The lowest BCUT2D eigenvalue weighted by Crippen LogP contribution is -2.37. The van der Waals surface area contributed by atoms with Crippen LogP contribution in [-0.2, 0) is 4.74 Å². The van der Waals surface area contributed by atoms with Gasteiger partial charge in [0.15, 0.2) is 0 Å². The normalized spacial score (nSPS) is 17.6. The van der Waals surface area contributed by atoms with Gasteiger partial charge in [0, 0.05) is 29.6 Å². The van der Waals surface area contributed by atoms with Crippen LogP contribution in [0.5, 0.6) is 0 Å². The van der Waals surface area contributed by atoms with Crippen LogP contribution in [0.1, 0.15) is 67.2 Å². The van der Waals surface area contributed by atoms with Crippen molar-refractivity contribution in [3.05, 3.63) is 65.7 Å². The number of nitrogens with one attached hydrogen (secondary N) is 2. The van der Waals surface area contributed by atoms with Gasteiger partial charge >= 0.3 is 6.09 Å². The maximum atomic E-state index is 13.3. The van der Waals surface area contributed by atoms with Gasteiger partial charge in [0.05, 0.1) is 16.8 Å². The summed E-state index contributed by atoms with van der Waals surface area (Å²) in [5.41, 5.74) is 7.92. The van der Waals surface area contributed by atoms with Gasteiger partial charge in [0.1, 0.15) is 5.60 Å². The molecule has 0 spiro atoms. The Morgan fingerprint density at radius 2 is 1.58 bits per heavy atom. The van der Waals surface area contributed by atoms with E-state index in [4.69, 9.17) is 15.5 Å². The second kappa shape index (κ2) is 11.6. The molecule has 4 rings (SSSR count). The largest absolute Gasteiger partial charge is 0.444 e. The highest BCUT2D eigenvalue weighted by Gasteiger charge is 2.24. The van der Waals surface area contributed by atoms with E-state index in [0.717, 1.165) is 36.6 Å². The predicted molar refractivity (Wildman–Crippen MR) is 148 cm³/mol. The molecule has 1 heterocycles. The maximum Gasteiger partial charge on any atom is 0.407 e. The minimum absolute atomic E-state index is 0.148. The van der Waals surface area contributed by atoms with Crippen LogP contribution < -0.4 is 16.4 Å². The number of fused-ring (bicyclic) bond motifs is 1. The van der Waals surface area contributed by atoms with Crippen LogP contribution in [-0.4, -0.2) is 41.6 Å². The number of nitrogens with two attached hydrogens (primary N) is 1. The molecule has 0 unspecified atom stereocenters. The number of nitrogens with zero attached hydrogens (tertiary/aromatic N) is 1. The van der Waals surface area contributed by atoms with Crippen molar-refractivity contribution in [1.29, 1.82) is 0 Å². The Morgan fingerprint density at radius 3 is 2.24 bits per heavy atom. The van der Waals surface area contributed by atoms with Gasteiger partial charge in [-0.1, -0.05) is 30.3 Å². The topological polar surface area (TPSA) is 123 Å². The van der Waals surface area contributed by atoms with Crippen molar-refractivity contribution in [3.8, 4) is 11.3 Å². The van der Waals surface area contributed by atoms with Crippen LogP contribution in [0.3, 0.4) is 0 Å². The minimum Gasteiger partial charge on any atom is -0.444 e. The lowest BCUT2D eigenvalue weighted by atomic mass is 9.82. The molecule has 2 aromatic carbocycles. The summed E-state index contributed by atoms with van der Waals surface area (Å²) in [4.78, 5) is 41.7. The van der Waals surface area contributed by atoms with E-state index in [1.807, 2.05) is 51.1 Å². The zero-order valence-electron chi connectivity index (χ0n) is 22.3. The Balaban J connectivity index is 1.38. The molecule has 1 aromatic heterocycles. The van der Waals surface area contributed by atoms with E-state index in [9.17, 15) is 14.4 Å². The number of ether oxygens (including phenoxy) is 1. The first-order chi connectivity index (χ1) is 18.1. The number of benzene rings is 2. The Morgan fingerprint density at radius 1 is 0.921 bits per heavy atom. The molecule has 1 saturated carbocycles. The van der Waals surface area contributed by atoms with Gasteiger partial charge in [-0.2, -0.15) is 0 Å². The molecule has 3 aromatic rings. The van der Waals surface area contributed by atoms with Gasteiger partial charge in [-0.05, 0) is 82.6 Å². The summed E-state index contributed by atoms with van der Waals surface area (Å²) in [5, 5.41) is 6.78. The van der Waals surface area contributed by atoms with E-state index >= 15 is 0 Å². The SMILES string of the molecule is CC(C)(C)OC(=O)NC[C@H]1CC[C@H](CNC(=O)c2cc(-c3cccc(C(N)=O)c3)nc3ccccc23)CC1. The molecule has 0 atom stereocenters. The monoisotopic (exact) mass is 516 g/mol. The fraction of sp³-hybridized carbons (Fsp3) is 0.400. The van der Waals surface area contributed by atoms with E-state index in [0.29, 0.717) is 47.3 Å². The highest BCUT2D eigenvalue weighted by atomic mass is 16.6. The smallest absolute Gasteiger partial charge is 0.407 e. The molecule has 0 aliphatic heterocycles. The number of para-hydroxylation sites is 1. The van der Waals surface area contributed by atoms with Crippen LogP contribution in [0.25, 0.3) is 22.2 Å². The van der Waals surface area contributed by atoms with E-state index in [1.54, 1.807) is 24.3 Å². The molecular formula is C30H36N4O4. The van der Waals surface area contributed by atoms with Crippen LogP contribution >= 0.6 is 0 Å².